The molecule has 0 bridgehead atoms. The number of benzene rings is 1. The molecule has 1 saturated heterocycles. The highest BCUT2D eigenvalue weighted by Gasteiger charge is 2.19. The van der Waals surface area contributed by atoms with Crippen molar-refractivity contribution in [3.8, 4) is 0 Å². The lowest BCUT2D eigenvalue weighted by Crippen LogP contribution is -2.42. The van der Waals surface area contributed by atoms with Crippen molar-refractivity contribution in [1.82, 2.24) is 10.2 Å². The fourth-order valence-corrected chi connectivity index (χ4v) is 3.24. The lowest BCUT2D eigenvalue weighted by atomic mass is 10.1. The van der Waals surface area contributed by atoms with Gasteiger partial charge in [-0.3, -0.25) is 4.99 Å². The molecule has 1 unspecified atom stereocenters. The predicted molar refractivity (Wildman–Crippen MR) is 122 cm³/mol. The van der Waals surface area contributed by atoms with Gasteiger partial charge in [0.05, 0.1) is 13.2 Å². The molecule has 1 atom stereocenters. The Morgan fingerprint density at radius 2 is 2.15 bits per heavy atom. The molecule has 0 amide bonds. The highest BCUT2D eigenvalue weighted by atomic mass is 127. The number of nitrogens with zero attached hydrogens (tertiary/aromatic N) is 3. The third-order valence-electron chi connectivity index (χ3n) is 4.63. The van der Waals surface area contributed by atoms with Crippen molar-refractivity contribution < 1.29 is 4.74 Å². The molecule has 1 fully saturated rings. The smallest absolute Gasteiger partial charge is 0.193 e. The normalized spacial score (nSPS) is 16.9. The van der Waals surface area contributed by atoms with Crippen molar-refractivity contribution >= 4 is 35.6 Å². The van der Waals surface area contributed by atoms with Gasteiger partial charge in [0.2, 0.25) is 0 Å². The molecule has 1 aromatic rings. The van der Waals surface area contributed by atoms with E-state index in [1.807, 2.05) is 0 Å². The van der Waals surface area contributed by atoms with Crippen molar-refractivity contribution in [2.24, 2.45) is 10.9 Å². The number of guanidine groups is 1. The molecule has 0 radical (unpaired) electrons. The van der Waals surface area contributed by atoms with E-state index < -0.39 is 0 Å². The summed E-state index contributed by atoms with van der Waals surface area (Å²) >= 11 is 0. The Labute approximate surface area is 176 Å². The van der Waals surface area contributed by atoms with Gasteiger partial charge in [-0.15, -0.1) is 24.0 Å². The van der Waals surface area contributed by atoms with Crippen LogP contribution in [0, 0.1) is 12.8 Å². The Hall–Kier alpha value is -1.02. The van der Waals surface area contributed by atoms with E-state index in [4.69, 9.17) is 9.73 Å². The van der Waals surface area contributed by atoms with Crippen LogP contribution < -0.4 is 10.2 Å². The van der Waals surface area contributed by atoms with Crippen LogP contribution in [0.15, 0.2) is 29.3 Å². The molecule has 0 aromatic heterocycles. The van der Waals surface area contributed by atoms with Gasteiger partial charge in [0, 0.05) is 51.4 Å². The van der Waals surface area contributed by atoms with Crippen LogP contribution >= 0.6 is 24.0 Å². The highest BCUT2D eigenvalue weighted by Crippen LogP contribution is 2.15. The minimum absolute atomic E-state index is 0. The summed E-state index contributed by atoms with van der Waals surface area (Å²) in [6.45, 7) is 12.8. The number of likely N-dealkylation sites (N-methyl/N-ethyl adjacent to an activating group) is 1. The Morgan fingerprint density at radius 1 is 1.35 bits per heavy atom. The zero-order chi connectivity index (χ0) is 18.1. The van der Waals surface area contributed by atoms with Gasteiger partial charge in [-0.1, -0.05) is 12.1 Å². The third-order valence-corrected chi connectivity index (χ3v) is 4.63. The summed E-state index contributed by atoms with van der Waals surface area (Å²) < 4.78 is 5.49. The Morgan fingerprint density at radius 3 is 2.77 bits per heavy atom. The van der Waals surface area contributed by atoms with E-state index in [2.05, 4.69) is 67.2 Å². The van der Waals surface area contributed by atoms with E-state index in [9.17, 15) is 0 Å². The van der Waals surface area contributed by atoms with Gasteiger partial charge in [-0.05, 0) is 44.9 Å². The van der Waals surface area contributed by atoms with Crippen LogP contribution in [0.4, 0.5) is 5.69 Å². The summed E-state index contributed by atoms with van der Waals surface area (Å²) in [6.07, 6.45) is 1.15. The van der Waals surface area contributed by atoms with Gasteiger partial charge >= 0.3 is 0 Å². The second-order valence-electron chi connectivity index (χ2n) is 6.76. The zero-order valence-electron chi connectivity index (χ0n) is 16.7. The molecule has 0 saturated carbocycles. The second kappa shape index (κ2) is 12.4. The van der Waals surface area contributed by atoms with Gasteiger partial charge in [0.25, 0.3) is 0 Å². The summed E-state index contributed by atoms with van der Waals surface area (Å²) in [7, 11) is 2.12. The van der Waals surface area contributed by atoms with Gasteiger partial charge < -0.3 is 19.9 Å². The van der Waals surface area contributed by atoms with Crippen molar-refractivity contribution in [1.29, 1.82) is 0 Å². The van der Waals surface area contributed by atoms with Gasteiger partial charge in [-0.2, -0.15) is 0 Å². The van der Waals surface area contributed by atoms with Crippen LogP contribution in [-0.2, 0) is 4.74 Å². The average molecular weight is 474 g/mol. The van der Waals surface area contributed by atoms with Crippen molar-refractivity contribution in [3.05, 3.63) is 29.8 Å². The lowest BCUT2D eigenvalue weighted by Gasteiger charge is -2.26. The zero-order valence-corrected chi connectivity index (χ0v) is 19.0. The van der Waals surface area contributed by atoms with Crippen molar-refractivity contribution in [3.63, 3.8) is 0 Å². The van der Waals surface area contributed by atoms with Crippen LogP contribution in [0.25, 0.3) is 0 Å². The van der Waals surface area contributed by atoms with E-state index in [-0.39, 0.29) is 24.0 Å². The van der Waals surface area contributed by atoms with E-state index in [1.54, 1.807) is 0 Å². The fourth-order valence-electron chi connectivity index (χ4n) is 3.24. The number of aliphatic imine (C=N–C) groups is 1. The van der Waals surface area contributed by atoms with E-state index in [0.29, 0.717) is 5.92 Å². The number of halogens is 1. The number of ether oxygens (including phenoxy) is 1. The number of aryl methyl sites for hydroxylation is 1. The molecule has 5 nitrogen and oxygen atoms in total. The Bertz CT molecular complexity index is 546. The first kappa shape index (κ1) is 23.0. The Kier molecular flexibility index (Phi) is 11.0. The molecule has 148 valence electrons. The molecule has 6 heteroatoms. The molecule has 26 heavy (non-hydrogen) atoms. The molecule has 0 spiro atoms. The number of rotatable bonds is 8. The molecular formula is C20H35IN4O. The summed E-state index contributed by atoms with van der Waals surface area (Å²) in [4.78, 5) is 9.46. The Balaban J connectivity index is 0.00000338. The summed E-state index contributed by atoms with van der Waals surface area (Å²) in [5.41, 5.74) is 2.57. The largest absolute Gasteiger partial charge is 0.381 e. The summed E-state index contributed by atoms with van der Waals surface area (Å²) in [5, 5.41) is 3.41. The molecule has 1 aliphatic rings. The topological polar surface area (TPSA) is 40.1 Å². The molecule has 1 heterocycles. The van der Waals surface area contributed by atoms with Crippen LogP contribution in [0.1, 0.15) is 25.8 Å². The van der Waals surface area contributed by atoms with Crippen molar-refractivity contribution in [2.75, 3.05) is 57.9 Å². The van der Waals surface area contributed by atoms with Crippen LogP contribution in [-0.4, -0.2) is 63.8 Å². The van der Waals surface area contributed by atoms with Crippen LogP contribution in [0.2, 0.25) is 0 Å². The quantitative estimate of drug-likeness (QED) is 0.357. The first-order valence-electron chi connectivity index (χ1n) is 9.52. The first-order valence-corrected chi connectivity index (χ1v) is 9.52. The summed E-state index contributed by atoms with van der Waals surface area (Å²) in [5.74, 6) is 1.61. The molecular weight excluding hydrogens is 439 g/mol. The van der Waals surface area contributed by atoms with Crippen LogP contribution in [0.5, 0.6) is 0 Å². The standard InChI is InChI=1S/C20H34N4O.HI/c1-5-21-20(23(4)15-18-10-13-25-16-18)22-11-12-24(6-2)19-9-7-8-17(3)14-19;/h7-9,14,18H,5-6,10-13,15-16H2,1-4H3,(H,21,22);1H. The predicted octanol–water partition coefficient (Wildman–Crippen LogP) is 3.37. The minimum atomic E-state index is 0. The lowest BCUT2D eigenvalue weighted by molar-refractivity contribution is 0.181. The molecule has 2 rings (SSSR count). The maximum absolute atomic E-state index is 5.49. The SMILES string of the molecule is CCNC(=NCCN(CC)c1cccc(C)c1)N(C)CC1CCOC1.I. The average Bonchev–Trinajstić information content (AvgIpc) is 3.10. The number of hydrogen-bond acceptors (Lipinski definition) is 3. The van der Waals surface area contributed by atoms with Gasteiger partial charge in [-0.25, -0.2) is 0 Å². The maximum Gasteiger partial charge on any atom is 0.193 e. The third kappa shape index (κ3) is 7.31. The molecule has 1 aliphatic heterocycles. The van der Waals surface area contributed by atoms with Crippen LogP contribution in [0.3, 0.4) is 0 Å². The molecule has 0 aliphatic carbocycles. The van der Waals surface area contributed by atoms with E-state index in [1.165, 1.54) is 11.3 Å². The minimum Gasteiger partial charge on any atom is -0.381 e. The van der Waals surface area contributed by atoms with E-state index in [0.717, 1.165) is 58.3 Å². The molecule has 1 aromatic carbocycles. The number of anilines is 1. The van der Waals surface area contributed by atoms with Crippen molar-refractivity contribution in [2.45, 2.75) is 27.2 Å². The number of hydrogen-bond donors (Lipinski definition) is 1. The highest BCUT2D eigenvalue weighted by molar-refractivity contribution is 14.0. The summed E-state index contributed by atoms with van der Waals surface area (Å²) in [6, 6.07) is 8.68. The second-order valence-corrected chi connectivity index (χ2v) is 6.76. The van der Waals surface area contributed by atoms with E-state index >= 15 is 0 Å². The number of nitrogens with one attached hydrogen (secondary N) is 1. The monoisotopic (exact) mass is 474 g/mol. The molecule has 1 N–H and O–H groups in total. The van der Waals surface area contributed by atoms with Gasteiger partial charge in [0.1, 0.15) is 0 Å². The van der Waals surface area contributed by atoms with Gasteiger partial charge in [0.15, 0.2) is 5.96 Å². The fraction of sp³-hybridized carbons (Fsp3) is 0.650. The maximum atomic E-state index is 5.49. The first-order chi connectivity index (χ1) is 12.1.